The number of hydrogen-bond acceptors (Lipinski definition) is 8. The highest BCUT2D eigenvalue weighted by molar-refractivity contribution is 9.10. The Morgan fingerprint density at radius 2 is 2.00 bits per heavy atom. The molecule has 2 heterocycles. The minimum atomic E-state index is -0.469. The summed E-state index contributed by atoms with van der Waals surface area (Å²) in [5, 5.41) is 22.2. The van der Waals surface area contributed by atoms with Gasteiger partial charge >= 0.3 is 0 Å². The van der Waals surface area contributed by atoms with E-state index in [4.69, 9.17) is 0 Å². The summed E-state index contributed by atoms with van der Waals surface area (Å²) in [5.74, 6) is 0.245. The molecule has 0 atom stereocenters. The summed E-state index contributed by atoms with van der Waals surface area (Å²) in [6, 6.07) is 9.53. The van der Waals surface area contributed by atoms with Crippen molar-refractivity contribution in [2.24, 2.45) is 4.99 Å². The zero-order chi connectivity index (χ0) is 20.1. The maximum absolute atomic E-state index is 12.2. The molecule has 142 valence electrons. The fourth-order valence-electron chi connectivity index (χ4n) is 2.18. The predicted molar refractivity (Wildman–Crippen MR) is 110 cm³/mol. The lowest BCUT2D eigenvalue weighted by Gasteiger charge is -2.01. The molecular formula is C17H13BrN6O3S. The molecule has 1 amide bonds. The molecular weight excluding hydrogens is 448 g/mol. The van der Waals surface area contributed by atoms with Crippen LogP contribution in [0.2, 0.25) is 0 Å². The summed E-state index contributed by atoms with van der Waals surface area (Å²) in [7, 11) is 0. The molecule has 9 nitrogen and oxygen atoms in total. The van der Waals surface area contributed by atoms with Gasteiger partial charge in [0, 0.05) is 34.1 Å². The number of nitrogens with zero attached hydrogens (tertiary/aromatic N) is 5. The Hall–Kier alpha value is -3.05. The van der Waals surface area contributed by atoms with Crippen LogP contribution in [0.4, 0.5) is 16.6 Å². The van der Waals surface area contributed by atoms with Crippen LogP contribution < -0.4 is 5.32 Å². The molecule has 1 N–H and O–H groups in total. The largest absolute Gasteiger partial charge is 0.300 e. The number of carbonyl (C=O) groups excluding carboxylic acids is 1. The van der Waals surface area contributed by atoms with Crippen molar-refractivity contribution >= 4 is 55.5 Å². The van der Waals surface area contributed by atoms with Crippen molar-refractivity contribution in [1.82, 2.24) is 15.2 Å². The van der Waals surface area contributed by atoms with Gasteiger partial charge in [0.15, 0.2) is 5.82 Å². The van der Waals surface area contributed by atoms with E-state index in [9.17, 15) is 14.9 Å². The van der Waals surface area contributed by atoms with Gasteiger partial charge in [-0.05, 0) is 47.1 Å². The van der Waals surface area contributed by atoms with E-state index in [2.05, 4.69) is 41.4 Å². The molecule has 0 radical (unpaired) electrons. The van der Waals surface area contributed by atoms with Crippen molar-refractivity contribution in [2.45, 2.75) is 13.3 Å². The number of carbonyl (C=O) groups is 1. The molecule has 1 aromatic carbocycles. The van der Waals surface area contributed by atoms with Gasteiger partial charge in [-0.2, -0.15) is 0 Å². The fourth-order valence-corrected chi connectivity index (χ4v) is 3.18. The molecule has 0 aliphatic heterocycles. The van der Waals surface area contributed by atoms with E-state index < -0.39 is 4.92 Å². The quantitative estimate of drug-likeness (QED) is 0.330. The molecule has 0 fully saturated rings. The topological polar surface area (TPSA) is 123 Å². The number of halogens is 1. The number of nitrogens with one attached hydrogen (secondary N) is 1. The molecule has 0 bridgehead atoms. The Morgan fingerprint density at radius 1 is 1.25 bits per heavy atom. The molecule has 0 saturated carbocycles. The number of anilines is 1. The van der Waals surface area contributed by atoms with Crippen molar-refractivity contribution in [3.05, 3.63) is 57.2 Å². The van der Waals surface area contributed by atoms with Crippen LogP contribution in [-0.4, -0.2) is 31.7 Å². The minimum Gasteiger partial charge on any atom is -0.300 e. The van der Waals surface area contributed by atoms with Gasteiger partial charge in [0.2, 0.25) is 11.0 Å². The van der Waals surface area contributed by atoms with E-state index in [1.54, 1.807) is 31.3 Å². The average molecular weight is 461 g/mol. The van der Waals surface area contributed by atoms with E-state index in [1.807, 2.05) is 6.07 Å². The molecule has 0 unspecified atom stereocenters. The second-order valence-corrected chi connectivity index (χ2v) is 7.52. The summed E-state index contributed by atoms with van der Waals surface area (Å²) >= 11 is 4.48. The molecule has 2 aromatic heterocycles. The van der Waals surface area contributed by atoms with E-state index in [-0.39, 0.29) is 18.0 Å². The van der Waals surface area contributed by atoms with Gasteiger partial charge in [0.1, 0.15) is 5.01 Å². The number of non-ortho nitro benzene ring substituents is 1. The number of benzene rings is 1. The molecule has 3 rings (SSSR count). The second-order valence-electron chi connectivity index (χ2n) is 5.62. The summed E-state index contributed by atoms with van der Waals surface area (Å²) in [6.45, 7) is 1.74. The monoisotopic (exact) mass is 460 g/mol. The highest BCUT2D eigenvalue weighted by Crippen LogP contribution is 2.27. The van der Waals surface area contributed by atoms with Crippen LogP contribution in [0.15, 0.2) is 52.1 Å². The Balaban J connectivity index is 1.61. The summed E-state index contributed by atoms with van der Waals surface area (Å²) < 4.78 is 0.849. The molecule has 28 heavy (non-hydrogen) atoms. The van der Waals surface area contributed by atoms with Gasteiger partial charge < -0.3 is 5.32 Å². The van der Waals surface area contributed by atoms with Crippen LogP contribution in [0, 0.1) is 10.1 Å². The lowest BCUT2D eigenvalue weighted by molar-refractivity contribution is -0.384. The van der Waals surface area contributed by atoms with Crippen molar-refractivity contribution in [1.29, 1.82) is 0 Å². The van der Waals surface area contributed by atoms with Gasteiger partial charge in [-0.3, -0.25) is 14.9 Å². The summed E-state index contributed by atoms with van der Waals surface area (Å²) in [6.07, 6.45) is 1.72. The highest BCUT2D eigenvalue weighted by Gasteiger charge is 2.12. The van der Waals surface area contributed by atoms with E-state index in [0.717, 1.165) is 4.47 Å². The standard InChI is InChI=1S/C17H13BrN6O3S/c1-10(20-14-7-4-12(18)9-19-14)8-15(25)21-17-23-22-16(28-17)11-2-5-13(6-3-11)24(26)27/h2-7,9H,8H2,1H3,(H,21,23,25). The molecule has 11 heteroatoms. The van der Waals surface area contributed by atoms with Gasteiger partial charge in [-0.1, -0.05) is 11.3 Å². The van der Waals surface area contributed by atoms with Crippen LogP contribution in [0.3, 0.4) is 0 Å². The van der Waals surface area contributed by atoms with Crippen molar-refractivity contribution in [2.75, 3.05) is 5.32 Å². The Kier molecular flexibility index (Phi) is 6.16. The Bertz CT molecular complexity index is 1030. The molecule has 0 spiro atoms. The first-order valence-electron chi connectivity index (χ1n) is 7.94. The van der Waals surface area contributed by atoms with Crippen LogP contribution in [0.25, 0.3) is 10.6 Å². The number of aromatic nitrogens is 3. The predicted octanol–water partition coefficient (Wildman–Crippen LogP) is 4.39. The maximum Gasteiger partial charge on any atom is 0.269 e. The zero-order valence-electron chi connectivity index (χ0n) is 14.5. The number of pyridine rings is 1. The molecule has 0 aliphatic rings. The first-order chi connectivity index (χ1) is 13.4. The minimum absolute atomic E-state index is 0.00295. The zero-order valence-corrected chi connectivity index (χ0v) is 16.9. The van der Waals surface area contributed by atoms with E-state index in [1.165, 1.54) is 23.5 Å². The molecule has 0 aliphatic carbocycles. The van der Waals surface area contributed by atoms with Crippen molar-refractivity contribution < 1.29 is 9.72 Å². The fraction of sp³-hybridized carbons (Fsp3) is 0.118. The lowest BCUT2D eigenvalue weighted by Crippen LogP contribution is -2.14. The number of hydrogen-bond donors (Lipinski definition) is 1. The first-order valence-corrected chi connectivity index (χ1v) is 9.55. The molecule has 0 saturated heterocycles. The van der Waals surface area contributed by atoms with Crippen molar-refractivity contribution in [3.8, 4) is 10.6 Å². The SMILES string of the molecule is CC(CC(=O)Nc1nnc(-c2ccc([N+](=O)[O-])cc2)s1)=Nc1ccc(Br)cn1. The van der Waals surface area contributed by atoms with E-state index in [0.29, 0.717) is 27.2 Å². The van der Waals surface area contributed by atoms with E-state index >= 15 is 0 Å². The lowest BCUT2D eigenvalue weighted by atomic mass is 10.2. The number of nitro benzene ring substituents is 1. The normalized spacial score (nSPS) is 11.3. The third-order valence-electron chi connectivity index (χ3n) is 3.43. The highest BCUT2D eigenvalue weighted by atomic mass is 79.9. The number of aliphatic imine (C=N–C) groups is 1. The van der Waals surface area contributed by atoms with Gasteiger partial charge in [0.05, 0.1) is 11.3 Å². The van der Waals surface area contributed by atoms with Gasteiger partial charge in [-0.25, -0.2) is 9.98 Å². The maximum atomic E-state index is 12.2. The van der Waals surface area contributed by atoms with Gasteiger partial charge in [-0.15, -0.1) is 10.2 Å². The van der Waals surface area contributed by atoms with Crippen molar-refractivity contribution in [3.63, 3.8) is 0 Å². The van der Waals surface area contributed by atoms with Crippen LogP contribution in [0.5, 0.6) is 0 Å². The second kappa shape index (κ2) is 8.76. The Labute approximate surface area is 171 Å². The number of rotatable bonds is 6. The van der Waals surface area contributed by atoms with Crippen LogP contribution >= 0.6 is 27.3 Å². The van der Waals surface area contributed by atoms with Crippen LogP contribution in [0.1, 0.15) is 13.3 Å². The van der Waals surface area contributed by atoms with Gasteiger partial charge in [0.25, 0.3) is 5.69 Å². The smallest absolute Gasteiger partial charge is 0.269 e. The number of amides is 1. The average Bonchev–Trinajstić information content (AvgIpc) is 3.12. The Morgan fingerprint density at radius 3 is 2.64 bits per heavy atom. The third kappa shape index (κ3) is 5.24. The number of nitro groups is 1. The molecule has 3 aromatic rings. The summed E-state index contributed by atoms with van der Waals surface area (Å²) in [4.78, 5) is 30.8. The summed E-state index contributed by atoms with van der Waals surface area (Å²) in [5.41, 5.74) is 1.28. The van der Waals surface area contributed by atoms with Crippen LogP contribution in [-0.2, 0) is 4.79 Å². The third-order valence-corrected chi connectivity index (χ3v) is 4.79. The first kappa shape index (κ1) is 19.7.